The van der Waals surface area contributed by atoms with E-state index in [0.29, 0.717) is 35.3 Å². The lowest BCUT2D eigenvalue weighted by Gasteiger charge is -2.31. The molecule has 1 fully saturated rings. The summed E-state index contributed by atoms with van der Waals surface area (Å²) in [4.78, 5) is 35.5. The Morgan fingerprint density at radius 2 is 2.00 bits per heavy atom. The summed E-state index contributed by atoms with van der Waals surface area (Å²) in [6.07, 6.45) is 4.37. The van der Waals surface area contributed by atoms with Crippen LogP contribution in [0.2, 0.25) is 5.02 Å². The molecule has 0 bridgehead atoms. The number of rotatable bonds is 4. The number of hydrogen-bond donors (Lipinski definition) is 1. The quantitative estimate of drug-likeness (QED) is 0.705. The molecular weight excluding hydrogens is 392 g/mol. The normalized spacial score (nSPS) is 16.4. The topological polar surface area (TPSA) is 88.3 Å². The van der Waals surface area contributed by atoms with Crippen molar-refractivity contribution in [1.29, 1.82) is 0 Å². The summed E-state index contributed by atoms with van der Waals surface area (Å²) in [5, 5.41) is 3.50. The van der Waals surface area contributed by atoms with Crippen molar-refractivity contribution in [2.75, 3.05) is 18.4 Å². The summed E-state index contributed by atoms with van der Waals surface area (Å²) in [5.74, 6) is -0.0388. The minimum atomic E-state index is -0.283. The Kier molecular flexibility index (Phi) is 5.57. The predicted octanol–water partition coefficient (Wildman–Crippen LogP) is 3.88. The van der Waals surface area contributed by atoms with Gasteiger partial charge in [0.1, 0.15) is 17.7 Å². The second-order valence-electron chi connectivity index (χ2n) is 6.85. The van der Waals surface area contributed by atoms with Crippen molar-refractivity contribution in [2.45, 2.75) is 12.8 Å². The molecule has 1 saturated heterocycles. The number of carbonyl (C=O) groups excluding carboxylic acids is 2. The van der Waals surface area contributed by atoms with E-state index < -0.39 is 0 Å². The van der Waals surface area contributed by atoms with E-state index in [4.69, 9.17) is 16.0 Å². The summed E-state index contributed by atoms with van der Waals surface area (Å²) >= 11 is 5.88. The molecule has 1 aliphatic rings. The zero-order chi connectivity index (χ0) is 20.2. The van der Waals surface area contributed by atoms with Crippen molar-refractivity contribution in [1.82, 2.24) is 14.9 Å². The molecule has 2 amide bonds. The molecule has 0 saturated carbocycles. The van der Waals surface area contributed by atoms with Crippen LogP contribution in [0.4, 0.5) is 5.69 Å². The van der Waals surface area contributed by atoms with Gasteiger partial charge in [0.15, 0.2) is 5.76 Å². The maximum atomic E-state index is 12.9. The van der Waals surface area contributed by atoms with Gasteiger partial charge < -0.3 is 14.6 Å². The number of amides is 2. The first-order valence-corrected chi connectivity index (χ1v) is 9.69. The molecule has 1 aliphatic heterocycles. The second kappa shape index (κ2) is 8.45. The second-order valence-corrected chi connectivity index (χ2v) is 7.29. The van der Waals surface area contributed by atoms with E-state index in [9.17, 15) is 9.59 Å². The summed E-state index contributed by atoms with van der Waals surface area (Å²) in [6, 6.07) is 12.1. The Labute approximate surface area is 172 Å². The molecule has 4 rings (SSSR count). The van der Waals surface area contributed by atoms with E-state index in [-0.39, 0.29) is 23.4 Å². The molecule has 0 spiro atoms. The Balaban J connectivity index is 1.44. The van der Waals surface area contributed by atoms with E-state index in [1.807, 2.05) is 0 Å². The van der Waals surface area contributed by atoms with Gasteiger partial charge in [-0.2, -0.15) is 0 Å². The number of hydrogen-bond acceptors (Lipinski definition) is 5. The molecule has 3 heterocycles. The smallest absolute Gasteiger partial charge is 0.272 e. The summed E-state index contributed by atoms with van der Waals surface area (Å²) < 4.78 is 5.34. The maximum absolute atomic E-state index is 12.9. The van der Waals surface area contributed by atoms with Crippen LogP contribution < -0.4 is 5.32 Å². The molecule has 1 atom stereocenters. The highest BCUT2D eigenvalue weighted by Gasteiger charge is 2.29. The van der Waals surface area contributed by atoms with Gasteiger partial charge in [-0.3, -0.25) is 9.59 Å². The average molecular weight is 411 g/mol. The SMILES string of the molecule is O=C(Nc1ccc(Cl)cc1)C1CCCN(C(=O)c2cc(-c3ccco3)ncn2)C1. The highest BCUT2D eigenvalue weighted by Crippen LogP contribution is 2.22. The van der Waals surface area contributed by atoms with Crippen LogP contribution in [-0.2, 0) is 4.79 Å². The van der Waals surface area contributed by atoms with Gasteiger partial charge in [0, 0.05) is 23.8 Å². The largest absolute Gasteiger partial charge is 0.463 e. The molecule has 1 unspecified atom stereocenters. The fraction of sp³-hybridized carbons (Fsp3) is 0.238. The Morgan fingerprint density at radius 1 is 1.17 bits per heavy atom. The van der Waals surface area contributed by atoms with E-state index in [0.717, 1.165) is 12.8 Å². The lowest BCUT2D eigenvalue weighted by molar-refractivity contribution is -0.121. The van der Waals surface area contributed by atoms with Crippen LogP contribution >= 0.6 is 11.6 Å². The summed E-state index contributed by atoms with van der Waals surface area (Å²) in [5.41, 5.74) is 1.51. The van der Waals surface area contributed by atoms with Crippen molar-refractivity contribution < 1.29 is 14.0 Å². The third kappa shape index (κ3) is 4.46. The zero-order valence-corrected chi connectivity index (χ0v) is 16.3. The van der Waals surface area contributed by atoms with Crippen molar-refractivity contribution in [3.05, 3.63) is 65.8 Å². The lowest BCUT2D eigenvalue weighted by atomic mass is 9.96. The maximum Gasteiger partial charge on any atom is 0.272 e. The Morgan fingerprint density at radius 3 is 2.76 bits per heavy atom. The minimum absolute atomic E-state index is 0.108. The van der Waals surface area contributed by atoms with Crippen molar-refractivity contribution in [3.8, 4) is 11.5 Å². The van der Waals surface area contributed by atoms with Crippen molar-refractivity contribution in [3.63, 3.8) is 0 Å². The number of halogens is 1. The molecule has 1 aromatic carbocycles. The van der Waals surface area contributed by atoms with Crippen LogP contribution in [-0.4, -0.2) is 39.8 Å². The van der Waals surface area contributed by atoms with Crippen LogP contribution in [0, 0.1) is 5.92 Å². The van der Waals surface area contributed by atoms with Gasteiger partial charge in [-0.05, 0) is 55.3 Å². The van der Waals surface area contributed by atoms with Gasteiger partial charge in [-0.1, -0.05) is 11.6 Å². The number of aromatic nitrogens is 2. The highest BCUT2D eigenvalue weighted by molar-refractivity contribution is 6.30. The van der Waals surface area contributed by atoms with Gasteiger partial charge in [0.05, 0.1) is 12.2 Å². The molecule has 148 valence electrons. The first-order chi connectivity index (χ1) is 14.1. The predicted molar refractivity (Wildman–Crippen MR) is 108 cm³/mol. The molecule has 2 aromatic heterocycles. The van der Waals surface area contributed by atoms with E-state index in [2.05, 4.69) is 15.3 Å². The Bertz CT molecular complexity index is 1010. The van der Waals surface area contributed by atoms with Gasteiger partial charge in [0.2, 0.25) is 5.91 Å². The third-order valence-electron chi connectivity index (χ3n) is 4.85. The van der Waals surface area contributed by atoms with E-state index in [1.165, 1.54) is 6.33 Å². The summed E-state index contributed by atoms with van der Waals surface area (Å²) in [6.45, 7) is 0.933. The van der Waals surface area contributed by atoms with Crippen LogP contribution in [0.5, 0.6) is 0 Å². The monoisotopic (exact) mass is 410 g/mol. The summed E-state index contributed by atoms with van der Waals surface area (Å²) in [7, 11) is 0. The zero-order valence-electron chi connectivity index (χ0n) is 15.5. The average Bonchev–Trinajstić information content (AvgIpc) is 3.30. The molecule has 0 radical (unpaired) electrons. The lowest BCUT2D eigenvalue weighted by Crippen LogP contribution is -2.44. The molecule has 0 aliphatic carbocycles. The number of benzene rings is 1. The van der Waals surface area contributed by atoms with Gasteiger partial charge in [-0.15, -0.1) is 0 Å². The number of nitrogens with zero attached hydrogens (tertiary/aromatic N) is 3. The number of piperidine rings is 1. The number of anilines is 1. The molecule has 1 N–H and O–H groups in total. The highest BCUT2D eigenvalue weighted by atomic mass is 35.5. The fourth-order valence-electron chi connectivity index (χ4n) is 3.35. The fourth-order valence-corrected chi connectivity index (χ4v) is 3.47. The number of likely N-dealkylation sites (tertiary alicyclic amines) is 1. The molecule has 3 aromatic rings. The van der Waals surface area contributed by atoms with Gasteiger partial charge >= 0.3 is 0 Å². The van der Waals surface area contributed by atoms with Gasteiger partial charge in [0.25, 0.3) is 5.91 Å². The van der Waals surface area contributed by atoms with Crippen LogP contribution in [0.1, 0.15) is 23.3 Å². The van der Waals surface area contributed by atoms with Crippen molar-refractivity contribution in [2.24, 2.45) is 5.92 Å². The van der Waals surface area contributed by atoms with Crippen LogP contribution in [0.25, 0.3) is 11.5 Å². The number of nitrogens with one attached hydrogen (secondary N) is 1. The van der Waals surface area contributed by atoms with Gasteiger partial charge in [-0.25, -0.2) is 9.97 Å². The van der Waals surface area contributed by atoms with E-state index >= 15 is 0 Å². The first kappa shape index (κ1) is 19.1. The molecule has 8 heteroatoms. The Hall–Kier alpha value is -3.19. The van der Waals surface area contributed by atoms with E-state index in [1.54, 1.807) is 53.6 Å². The molecular formula is C21H19ClN4O3. The number of carbonyl (C=O) groups is 2. The standard InChI is InChI=1S/C21H19ClN4O3/c22-15-5-7-16(8-6-15)25-20(27)14-3-1-9-26(12-14)21(28)18-11-17(23-13-24-18)19-4-2-10-29-19/h2,4-8,10-11,13-14H,1,3,9,12H2,(H,25,27). The third-order valence-corrected chi connectivity index (χ3v) is 5.10. The minimum Gasteiger partial charge on any atom is -0.463 e. The first-order valence-electron chi connectivity index (χ1n) is 9.32. The number of furan rings is 1. The van der Waals surface area contributed by atoms with Crippen LogP contribution in [0.15, 0.2) is 59.5 Å². The van der Waals surface area contributed by atoms with Crippen molar-refractivity contribution >= 4 is 29.1 Å². The molecule has 7 nitrogen and oxygen atoms in total. The molecule has 29 heavy (non-hydrogen) atoms. The van der Waals surface area contributed by atoms with Crippen LogP contribution in [0.3, 0.4) is 0 Å².